The Morgan fingerprint density at radius 2 is 2.15 bits per heavy atom. The maximum atomic E-state index is 10.5. The second-order valence-electron chi connectivity index (χ2n) is 2.79. The van der Waals surface area contributed by atoms with Gasteiger partial charge in [0.2, 0.25) is 0 Å². The van der Waals surface area contributed by atoms with Gasteiger partial charge in [-0.05, 0) is 34.1 Å². The number of carbonyl (C=O) groups is 1. The van der Waals surface area contributed by atoms with Crippen LogP contribution < -0.4 is 4.74 Å². The second kappa shape index (κ2) is 3.42. The fraction of sp³-hybridized carbons (Fsp3) is 0.222. The van der Waals surface area contributed by atoms with Gasteiger partial charge in [0, 0.05) is 11.1 Å². The first-order chi connectivity index (χ1) is 6.22. The van der Waals surface area contributed by atoms with Crippen LogP contribution >= 0.6 is 31.9 Å². The van der Waals surface area contributed by atoms with Crippen LogP contribution in [0.3, 0.4) is 0 Å². The predicted octanol–water partition coefficient (Wildman–Crippen LogP) is 3.05. The number of rotatable bonds is 1. The Kier molecular flexibility index (Phi) is 2.43. The third-order valence-electron chi connectivity index (χ3n) is 1.94. The van der Waals surface area contributed by atoms with Gasteiger partial charge in [-0.3, -0.25) is 4.79 Å². The number of carbonyl (C=O) groups excluding carboxylic acids is 1. The van der Waals surface area contributed by atoms with Crippen molar-refractivity contribution in [3.05, 3.63) is 29.3 Å². The number of hydrogen-bond acceptors (Lipinski definition) is 2. The quantitative estimate of drug-likeness (QED) is 0.589. The molecule has 2 rings (SSSR count). The summed E-state index contributed by atoms with van der Waals surface area (Å²) in [4.78, 5) is 10.6. The standard InChI is InChI=1S/C9H6Br2O2/c10-8-6-3-5(4-12)1-2-7(6)13-9(8)11/h1-4,8-9H. The van der Waals surface area contributed by atoms with Crippen LogP contribution in [0.25, 0.3) is 0 Å². The lowest BCUT2D eigenvalue weighted by Gasteiger charge is -2.03. The summed E-state index contributed by atoms with van der Waals surface area (Å²) >= 11 is 6.85. The molecule has 4 heteroatoms. The second-order valence-corrected chi connectivity index (χ2v) is 4.67. The van der Waals surface area contributed by atoms with Gasteiger partial charge in [-0.25, -0.2) is 0 Å². The summed E-state index contributed by atoms with van der Waals surface area (Å²) in [5.74, 6) is 0.828. The van der Waals surface area contributed by atoms with E-state index in [0.717, 1.165) is 17.6 Å². The van der Waals surface area contributed by atoms with Crippen LogP contribution in [0.4, 0.5) is 0 Å². The molecule has 2 unspecified atom stereocenters. The zero-order chi connectivity index (χ0) is 9.42. The van der Waals surface area contributed by atoms with Crippen molar-refractivity contribution >= 4 is 38.1 Å². The summed E-state index contributed by atoms with van der Waals surface area (Å²) in [6, 6.07) is 5.40. The van der Waals surface area contributed by atoms with Crippen molar-refractivity contribution in [2.75, 3.05) is 0 Å². The molecule has 0 N–H and O–H groups in total. The van der Waals surface area contributed by atoms with E-state index in [2.05, 4.69) is 31.9 Å². The van der Waals surface area contributed by atoms with Gasteiger partial charge < -0.3 is 4.74 Å². The van der Waals surface area contributed by atoms with Gasteiger partial charge in [0.05, 0.1) is 4.83 Å². The average Bonchev–Trinajstić information content (AvgIpc) is 2.43. The SMILES string of the molecule is O=Cc1ccc2c(c1)C(Br)C(Br)O2. The van der Waals surface area contributed by atoms with Crippen LogP contribution in [0.15, 0.2) is 18.2 Å². The van der Waals surface area contributed by atoms with E-state index in [0.29, 0.717) is 5.56 Å². The first-order valence-corrected chi connectivity index (χ1v) is 5.59. The Bertz CT molecular complexity index is 351. The van der Waals surface area contributed by atoms with Crippen molar-refractivity contribution in [1.29, 1.82) is 0 Å². The predicted molar refractivity (Wildman–Crippen MR) is 56.8 cm³/mol. The summed E-state index contributed by atoms with van der Waals surface area (Å²) in [5.41, 5.74) is 1.69. The molecular formula is C9H6Br2O2. The van der Waals surface area contributed by atoms with E-state index in [9.17, 15) is 4.79 Å². The van der Waals surface area contributed by atoms with E-state index in [-0.39, 0.29) is 9.84 Å². The smallest absolute Gasteiger partial charge is 0.169 e. The number of fused-ring (bicyclic) bond motifs is 1. The number of hydrogen-bond donors (Lipinski definition) is 0. The van der Waals surface area contributed by atoms with Crippen molar-refractivity contribution in [3.63, 3.8) is 0 Å². The largest absolute Gasteiger partial charge is 0.477 e. The van der Waals surface area contributed by atoms with Crippen LogP contribution in [0.5, 0.6) is 5.75 Å². The van der Waals surface area contributed by atoms with E-state index >= 15 is 0 Å². The molecule has 0 bridgehead atoms. The molecule has 68 valence electrons. The zero-order valence-corrected chi connectivity index (χ0v) is 9.71. The first kappa shape index (κ1) is 9.21. The number of alkyl halides is 2. The molecule has 2 nitrogen and oxygen atoms in total. The highest BCUT2D eigenvalue weighted by atomic mass is 79.9. The van der Waals surface area contributed by atoms with Gasteiger partial charge in [0.15, 0.2) is 5.01 Å². The Morgan fingerprint density at radius 3 is 2.85 bits per heavy atom. The minimum atomic E-state index is -0.0515. The zero-order valence-electron chi connectivity index (χ0n) is 6.54. The van der Waals surface area contributed by atoms with Crippen molar-refractivity contribution in [1.82, 2.24) is 0 Å². The molecule has 2 atom stereocenters. The minimum Gasteiger partial charge on any atom is -0.477 e. The molecule has 1 aliphatic heterocycles. The Morgan fingerprint density at radius 1 is 1.38 bits per heavy atom. The van der Waals surface area contributed by atoms with Crippen molar-refractivity contribution in [2.24, 2.45) is 0 Å². The summed E-state index contributed by atoms with van der Waals surface area (Å²) in [6.45, 7) is 0. The van der Waals surface area contributed by atoms with Crippen molar-refractivity contribution in [2.45, 2.75) is 9.84 Å². The molecule has 0 amide bonds. The summed E-state index contributed by atoms with van der Waals surface area (Å²) in [7, 11) is 0. The van der Waals surface area contributed by atoms with E-state index in [1.54, 1.807) is 6.07 Å². The molecule has 1 aliphatic rings. The summed E-state index contributed by atoms with van der Waals surface area (Å²) < 4.78 is 5.47. The van der Waals surface area contributed by atoms with Crippen molar-refractivity contribution < 1.29 is 9.53 Å². The minimum absolute atomic E-state index is 0.0515. The Labute approximate surface area is 92.5 Å². The van der Waals surface area contributed by atoms with Crippen LogP contribution in [-0.2, 0) is 0 Å². The van der Waals surface area contributed by atoms with Gasteiger partial charge in [0.25, 0.3) is 0 Å². The normalized spacial score (nSPS) is 25.1. The number of halogens is 2. The highest BCUT2D eigenvalue weighted by Crippen LogP contribution is 2.44. The molecule has 0 saturated carbocycles. The van der Waals surface area contributed by atoms with Crippen molar-refractivity contribution in [3.8, 4) is 5.75 Å². The lowest BCUT2D eigenvalue weighted by Crippen LogP contribution is -2.03. The highest BCUT2D eigenvalue weighted by molar-refractivity contribution is 9.12. The molecule has 0 aromatic heterocycles. The third-order valence-corrected chi connectivity index (χ3v) is 4.34. The monoisotopic (exact) mass is 304 g/mol. The summed E-state index contributed by atoms with van der Waals surface area (Å²) in [6.07, 6.45) is 0.835. The number of benzene rings is 1. The number of aldehydes is 1. The first-order valence-electron chi connectivity index (χ1n) is 3.76. The lowest BCUT2D eigenvalue weighted by atomic mass is 10.1. The maximum absolute atomic E-state index is 10.5. The molecule has 0 saturated heterocycles. The van der Waals surface area contributed by atoms with E-state index < -0.39 is 0 Å². The Balaban J connectivity index is 2.47. The van der Waals surface area contributed by atoms with Crippen LogP contribution in [0.1, 0.15) is 20.7 Å². The fourth-order valence-electron chi connectivity index (χ4n) is 1.29. The van der Waals surface area contributed by atoms with Crippen LogP contribution in [-0.4, -0.2) is 11.3 Å². The molecule has 0 fully saturated rings. The van der Waals surface area contributed by atoms with Crippen LogP contribution in [0.2, 0.25) is 0 Å². The van der Waals surface area contributed by atoms with E-state index in [1.807, 2.05) is 12.1 Å². The molecular weight excluding hydrogens is 300 g/mol. The van der Waals surface area contributed by atoms with Gasteiger partial charge >= 0.3 is 0 Å². The topological polar surface area (TPSA) is 26.3 Å². The van der Waals surface area contributed by atoms with E-state index in [1.165, 1.54) is 0 Å². The average molecular weight is 306 g/mol. The lowest BCUT2D eigenvalue weighted by molar-refractivity contribution is 0.112. The van der Waals surface area contributed by atoms with E-state index in [4.69, 9.17) is 4.74 Å². The maximum Gasteiger partial charge on any atom is 0.169 e. The Hall–Kier alpha value is -0.350. The summed E-state index contributed by atoms with van der Waals surface area (Å²) in [5, 5.41) is -0.0515. The molecule has 1 heterocycles. The number of ether oxygens (including phenoxy) is 1. The van der Waals surface area contributed by atoms with Gasteiger partial charge in [0.1, 0.15) is 12.0 Å². The highest BCUT2D eigenvalue weighted by Gasteiger charge is 2.30. The fourth-order valence-corrected chi connectivity index (χ4v) is 2.24. The van der Waals surface area contributed by atoms with Gasteiger partial charge in [-0.15, -0.1) is 0 Å². The molecule has 0 spiro atoms. The third kappa shape index (κ3) is 1.53. The molecule has 0 aliphatic carbocycles. The molecule has 13 heavy (non-hydrogen) atoms. The molecule has 1 aromatic rings. The van der Waals surface area contributed by atoms with Gasteiger partial charge in [-0.2, -0.15) is 0 Å². The van der Waals surface area contributed by atoms with Gasteiger partial charge in [-0.1, -0.05) is 15.9 Å². The van der Waals surface area contributed by atoms with Crippen LogP contribution in [0, 0.1) is 0 Å². The molecule has 1 aromatic carbocycles. The molecule has 0 radical (unpaired) electrons.